The van der Waals surface area contributed by atoms with E-state index in [9.17, 15) is 4.79 Å². The lowest BCUT2D eigenvalue weighted by molar-refractivity contribution is -0.896. The van der Waals surface area contributed by atoms with E-state index < -0.39 is 0 Å². The number of nitrogens with zero attached hydrogens (tertiary/aromatic N) is 1. The Kier molecular flexibility index (Phi) is 11.3. The van der Waals surface area contributed by atoms with E-state index in [-0.39, 0.29) is 24.5 Å². The van der Waals surface area contributed by atoms with Crippen LogP contribution in [0, 0.1) is 13.8 Å². The number of rotatable bonds is 9. The number of halogens is 1. The van der Waals surface area contributed by atoms with Crippen LogP contribution < -0.4 is 22.0 Å². The molecule has 1 aromatic carbocycles. The molecule has 0 saturated heterocycles. The first-order valence-corrected chi connectivity index (χ1v) is 8.81. The van der Waals surface area contributed by atoms with Crippen molar-refractivity contribution < 1.29 is 31.6 Å². The second-order valence-corrected chi connectivity index (χ2v) is 6.42. The number of benzene rings is 1. The van der Waals surface area contributed by atoms with Crippen molar-refractivity contribution in [3.05, 3.63) is 29.3 Å². The van der Waals surface area contributed by atoms with Crippen LogP contribution in [-0.4, -0.2) is 56.9 Å². The summed E-state index contributed by atoms with van der Waals surface area (Å²) in [6.45, 7) is 14.2. The molecule has 0 heterocycles. The molecule has 5 nitrogen and oxygen atoms in total. The molecule has 0 saturated carbocycles. The van der Waals surface area contributed by atoms with Crippen LogP contribution in [-0.2, 0) is 4.74 Å². The van der Waals surface area contributed by atoms with Crippen LogP contribution in [0.4, 0.5) is 4.79 Å². The maximum absolute atomic E-state index is 12.1. The highest BCUT2D eigenvalue weighted by Gasteiger charge is 2.18. The Labute approximate surface area is 158 Å². The molecule has 0 radical (unpaired) electrons. The van der Waals surface area contributed by atoms with Crippen LogP contribution in [0.1, 0.15) is 31.9 Å². The third kappa shape index (κ3) is 8.45. The highest BCUT2D eigenvalue weighted by Crippen LogP contribution is 2.16. The number of hydrogen-bond acceptors (Lipinski definition) is 3. The Hall–Kier alpha value is -1.46. The molecule has 1 aromatic rings. The fourth-order valence-electron chi connectivity index (χ4n) is 2.51. The van der Waals surface area contributed by atoms with Gasteiger partial charge in [-0.1, -0.05) is 6.07 Å². The van der Waals surface area contributed by atoms with Crippen LogP contribution in [0.3, 0.4) is 0 Å². The topological polar surface area (TPSA) is 43.2 Å². The largest absolute Gasteiger partial charge is 1.00 e. The summed E-state index contributed by atoms with van der Waals surface area (Å²) in [5, 5.41) is 0. The fourth-order valence-corrected chi connectivity index (χ4v) is 2.51. The third-order valence-corrected chi connectivity index (χ3v) is 4.32. The van der Waals surface area contributed by atoms with Gasteiger partial charge in [0.1, 0.15) is 25.5 Å². The second-order valence-electron chi connectivity index (χ2n) is 6.42. The molecule has 144 valence electrons. The zero-order chi connectivity index (χ0) is 18.1. The highest BCUT2D eigenvalue weighted by molar-refractivity contribution is 5.67. The molecule has 0 bridgehead atoms. The van der Waals surface area contributed by atoms with Crippen molar-refractivity contribution in [1.29, 1.82) is 0 Å². The Morgan fingerprint density at radius 1 is 1.16 bits per heavy atom. The summed E-state index contributed by atoms with van der Waals surface area (Å²) >= 11 is 0. The van der Waals surface area contributed by atoms with Crippen LogP contribution in [0.5, 0.6) is 5.75 Å². The number of aryl methyl sites for hydroxylation is 2. The van der Waals surface area contributed by atoms with Gasteiger partial charge in [0.05, 0.1) is 19.1 Å². The first-order valence-electron chi connectivity index (χ1n) is 8.81. The van der Waals surface area contributed by atoms with Crippen molar-refractivity contribution in [3.8, 4) is 5.75 Å². The van der Waals surface area contributed by atoms with Gasteiger partial charge in [-0.15, -0.1) is 0 Å². The zero-order valence-corrected chi connectivity index (χ0v) is 17.2. The molecule has 1 rings (SSSR count). The summed E-state index contributed by atoms with van der Waals surface area (Å²) in [5.74, 6) is 0.839. The number of nitrogens with one attached hydrogen (secondary N) is 1. The van der Waals surface area contributed by atoms with E-state index in [2.05, 4.69) is 19.9 Å². The van der Waals surface area contributed by atoms with Gasteiger partial charge in [-0.3, -0.25) is 0 Å². The molecular formula is C19H33ClN2O3. The molecule has 0 aliphatic rings. The van der Waals surface area contributed by atoms with Crippen molar-refractivity contribution in [2.75, 3.05) is 39.9 Å². The van der Waals surface area contributed by atoms with E-state index in [0.29, 0.717) is 13.2 Å². The van der Waals surface area contributed by atoms with Crippen molar-refractivity contribution in [2.24, 2.45) is 0 Å². The Morgan fingerprint density at radius 2 is 1.72 bits per heavy atom. The lowest BCUT2D eigenvalue weighted by Crippen LogP contribution is -3.11. The maximum Gasteiger partial charge on any atom is 0.410 e. The van der Waals surface area contributed by atoms with Crippen molar-refractivity contribution >= 4 is 6.09 Å². The van der Waals surface area contributed by atoms with Crippen molar-refractivity contribution in [3.63, 3.8) is 0 Å². The number of hydrogen-bond donors (Lipinski definition) is 1. The Morgan fingerprint density at radius 3 is 2.24 bits per heavy atom. The van der Waals surface area contributed by atoms with Gasteiger partial charge >= 0.3 is 6.09 Å². The molecule has 1 unspecified atom stereocenters. The standard InChI is InChI=1S/C19H32N2O3.ClH/c1-7-21(8-2)9-10-23-19(22)20(6)17(5)14-24-18-12-15(3)11-16(4)13-18;/h11-13,17H,7-10,14H2,1-6H3;1H. The molecule has 1 N–H and O–H groups in total. The average molecular weight is 373 g/mol. The molecule has 6 heteroatoms. The predicted octanol–water partition coefficient (Wildman–Crippen LogP) is -0.932. The monoisotopic (exact) mass is 372 g/mol. The normalized spacial score (nSPS) is 11.6. The molecule has 1 amide bonds. The van der Waals surface area contributed by atoms with E-state index in [0.717, 1.165) is 25.4 Å². The quantitative estimate of drug-likeness (QED) is 0.609. The van der Waals surface area contributed by atoms with E-state index in [1.54, 1.807) is 11.9 Å². The predicted molar refractivity (Wildman–Crippen MR) is 96.9 cm³/mol. The molecule has 0 aliphatic heterocycles. The molecule has 0 aliphatic carbocycles. The van der Waals surface area contributed by atoms with Gasteiger partial charge in [0.2, 0.25) is 0 Å². The molecular weight excluding hydrogens is 340 g/mol. The maximum atomic E-state index is 12.1. The summed E-state index contributed by atoms with van der Waals surface area (Å²) in [4.78, 5) is 15.1. The van der Waals surface area contributed by atoms with Gasteiger partial charge in [0, 0.05) is 7.05 Å². The summed E-state index contributed by atoms with van der Waals surface area (Å²) in [5.41, 5.74) is 2.34. The van der Waals surface area contributed by atoms with Crippen LogP contribution in [0.25, 0.3) is 0 Å². The van der Waals surface area contributed by atoms with Crippen LogP contribution in [0.15, 0.2) is 18.2 Å². The number of amides is 1. The number of carbonyl (C=O) groups excluding carboxylic acids is 1. The van der Waals surface area contributed by atoms with Gasteiger partial charge < -0.3 is 31.7 Å². The minimum Gasteiger partial charge on any atom is -1.00 e. The number of likely N-dealkylation sites (N-methyl/N-ethyl adjacent to an activating group) is 2. The minimum atomic E-state index is -0.293. The summed E-state index contributed by atoms with van der Waals surface area (Å²) in [7, 11) is 1.75. The van der Waals surface area contributed by atoms with Crippen LogP contribution >= 0.6 is 0 Å². The Bertz CT molecular complexity index is 501. The lowest BCUT2D eigenvalue weighted by atomic mass is 10.1. The SMILES string of the molecule is CC[NH+](CC)CCOC(=O)N(C)C(C)COc1cc(C)cc(C)c1.[Cl-]. The van der Waals surface area contributed by atoms with Gasteiger partial charge in [0.15, 0.2) is 0 Å². The molecule has 0 spiro atoms. The fraction of sp³-hybridized carbons (Fsp3) is 0.632. The molecule has 0 fully saturated rings. The van der Waals surface area contributed by atoms with E-state index in [4.69, 9.17) is 9.47 Å². The van der Waals surface area contributed by atoms with Crippen molar-refractivity contribution in [1.82, 2.24) is 4.90 Å². The van der Waals surface area contributed by atoms with E-state index in [1.165, 1.54) is 16.0 Å². The highest BCUT2D eigenvalue weighted by atomic mass is 35.5. The minimum absolute atomic E-state index is 0. The van der Waals surface area contributed by atoms with Gasteiger partial charge in [-0.25, -0.2) is 4.79 Å². The number of ether oxygens (including phenoxy) is 2. The number of quaternary nitrogens is 1. The molecule has 25 heavy (non-hydrogen) atoms. The van der Waals surface area contributed by atoms with Gasteiger partial charge in [-0.05, 0) is 57.9 Å². The Balaban J connectivity index is 0.00000576. The van der Waals surface area contributed by atoms with E-state index in [1.807, 2.05) is 32.9 Å². The zero-order valence-electron chi connectivity index (χ0n) is 16.4. The van der Waals surface area contributed by atoms with E-state index >= 15 is 0 Å². The summed E-state index contributed by atoms with van der Waals surface area (Å²) < 4.78 is 11.2. The van der Waals surface area contributed by atoms with Crippen molar-refractivity contribution in [2.45, 2.75) is 40.7 Å². The summed E-state index contributed by atoms with van der Waals surface area (Å²) in [6, 6.07) is 6.06. The molecule has 1 atom stereocenters. The summed E-state index contributed by atoms with van der Waals surface area (Å²) in [6.07, 6.45) is -0.293. The average Bonchev–Trinajstić information content (AvgIpc) is 2.54. The molecule has 0 aromatic heterocycles. The smallest absolute Gasteiger partial charge is 0.410 e. The second kappa shape index (κ2) is 12.0. The first kappa shape index (κ1) is 23.5. The number of carbonyl (C=O) groups is 1. The van der Waals surface area contributed by atoms with Gasteiger partial charge in [-0.2, -0.15) is 0 Å². The van der Waals surface area contributed by atoms with Gasteiger partial charge in [0.25, 0.3) is 0 Å². The van der Waals surface area contributed by atoms with Crippen LogP contribution in [0.2, 0.25) is 0 Å². The third-order valence-electron chi connectivity index (χ3n) is 4.32. The lowest BCUT2D eigenvalue weighted by Gasteiger charge is -2.25. The first-order chi connectivity index (χ1) is 11.4.